The van der Waals surface area contributed by atoms with Crippen LogP contribution in [0.15, 0.2) is 59.5 Å². The number of nitrogens with zero attached hydrogens (tertiary/aromatic N) is 5. The predicted molar refractivity (Wildman–Crippen MR) is 143 cm³/mol. The number of likely N-dealkylation sites (N-methyl/N-ethyl adjacent to an activating group) is 1. The van der Waals surface area contributed by atoms with Crippen molar-refractivity contribution in [2.24, 2.45) is 0 Å². The van der Waals surface area contributed by atoms with Gasteiger partial charge in [0.1, 0.15) is 11.5 Å². The van der Waals surface area contributed by atoms with E-state index in [0.717, 1.165) is 26.1 Å². The molecule has 1 fully saturated rings. The molecule has 0 spiro atoms. The molecular formula is C28H31FN6O3. The van der Waals surface area contributed by atoms with Crippen molar-refractivity contribution in [1.29, 1.82) is 0 Å². The Bertz CT molecular complexity index is 1480. The maximum absolute atomic E-state index is 13.6. The van der Waals surface area contributed by atoms with Crippen LogP contribution >= 0.6 is 0 Å². The smallest absolute Gasteiger partial charge is 0.258 e. The molecule has 198 valence electrons. The Hall–Kier alpha value is -3.89. The van der Waals surface area contributed by atoms with E-state index < -0.39 is 0 Å². The fourth-order valence-electron chi connectivity index (χ4n) is 4.76. The topological polar surface area (TPSA) is 96.3 Å². The summed E-state index contributed by atoms with van der Waals surface area (Å²) < 4.78 is 21.2. The van der Waals surface area contributed by atoms with Crippen LogP contribution in [-0.4, -0.2) is 81.1 Å². The molecule has 3 heterocycles. The van der Waals surface area contributed by atoms with E-state index in [4.69, 9.17) is 4.74 Å². The Morgan fingerprint density at radius 3 is 2.71 bits per heavy atom. The zero-order valence-corrected chi connectivity index (χ0v) is 21.6. The summed E-state index contributed by atoms with van der Waals surface area (Å²) in [5.74, 6) is -0.415. The normalized spacial score (nSPS) is 15.6. The number of aromatic amines is 1. The van der Waals surface area contributed by atoms with Crippen molar-refractivity contribution in [3.8, 4) is 16.9 Å². The number of nitrogens with one attached hydrogen (secondary N) is 1. The molecular weight excluding hydrogens is 487 g/mol. The standard InChI is InChI=1S/C28H31FN6O3/c1-3-33(4-2)13-14-38-23-11-12-34(17-23)28(37)19-5-8-22(9-6-19)35-18-26(31-32-35)24-16-20-15-21(29)7-10-25(20)30-27(24)36/h5-10,15-16,18,23H,3-4,11-14,17H2,1-2H3,(H,30,36). The van der Waals surface area contributed by atoms with Crippen LogP contribution in [0.2, 0.25) is 0 Å². The van der Waals surface area contributed by atoms with Crippen LogP contribution in [0, 0.1) is 5.82 Å². The van der Waals surface area contributed by atoms with Crippen molar-refractivity contribution in [1.82, 2.24) is 29.8 Å². The number of carbonyl (C=O) groups is 1. The minimum atomic E-state index is -0.388. The molecule has 0 bridgehead atoms. The van der Waals surface area contributed by atoms with Crippen LogP contribution in [-0.2, 0) is 4.74 Å². The van der Waals surface area contributed by atoms with Crippen LogP contribution in [0.5, 0.6) is 0 Å². The Morgan fingerprint density at radius 1 is 1.16 bits per heavy atom. The lowest BCUT2D eigenvalue weighted by Crippen LogP contribution is -2.32. The highest BCUT2D eigenvalue weighted by Gasteiger charge is 2.27. The summed E-state index contributed by atoms with van der Waals surface area (Å²) >= 11 is 0. The van der Waals surface area contributed by atoms with Gasteiger partial charge in [-0.3, -0.25) is 9.59 Å². The summed E-state index contributed by atoms with van der Waals surface area (Å²) in [7, 11) is 0. The summed E-state index contributed by atoms with van der Waals surface area (Å²) in [6.45, 7) is 9.13. The third-order valence-corrected chi connectivity index (χ3v) is 7.04. The average Bonchev–Trinajstić information content (AvgIpc) is 3.61. The van der Waals surface area contributed by atoms with Gasteiger partial charge in [0, 0.05) is 36.1 Å². The number of pyridine rings is 1. The van der Waals surface area contributed by atoms with Crippen LogP contribution in [0.25, 0.3) is 27.8 Å². The Balaban J connectivity index is 1.23. The molecule has 1 aliphatic rings. The number of hydrogen-bond donors (Lipinski definition) is 1. The molecule has 1 saturated heterocycles. The zero-order valence-electron chi connectivity index (χ0n) is 21.6. The maximum atomic E-state index is 13.6. The second-order valence-corrected chi connectivity index (χ2v) is 9.40. The summed E-state index contributed by atoms with van der Waals surface area (Å²) in [5.41, 5.74) is 2.15. The van der Waals surface area contributed by atoms with Gasteiger partial charge < -0.3 is 19.5 Å². The minimum absolute atomic E-state index is 0.0272. The van der Waals surface area contributed by atoms with Gasteiger partial charge in [0.2, 0.25) is 0 Å². The average molecular weight is 519 g/mol. The van der Waals surface area contributed by atoms with Gasteiger partial charge in [0.25, 0.3) is 11.5 Å². The molecule has 1 atom stereocenters. The lowest BCUT2D eigenvalue weighted by atomic mass is 10.1. The predicted octanol–water partition coefficient (Wildman–Crippen LogP) is 3.49. The number of carbonyl (C=O) groups excluding carboxylic acids is 1. The van der Waals surface area contributed by atoms with E-state index >= 15 is 0 Å². The van der Waals surface area contributed by atoms with Gasteiger partial charge in [-0.2, -0.15) is 0 Å². The SMILES string of the molecule is CCN(CC)CCOC1CCN(C(=O)c2ccc(-n3cc(-c4cc5cc(F)ccc5[nH]c4=O)nn3)cc2)C1. The lowest BCUT2D eigenvalue weighted by Gasteiger charge is -2.20. The molecule has 1 N–H and O–H groups in total. The highest BCUT2D eigenvalue weighted by Crippen LogP contribution is 2.21. The molecule has 9 nitrogen and oxygen atoms in total. The fraction of sp³-hybridized carbons (Fsp3) is 0.357. The number of halogens is 1. The molecule has 38 heavy (non-hydrogen) atoms. The number of rotatable bonds is 9. The summed E-state index contributed by atoms with van der Waals surface area (Å²) in [6, 6.07) is 12.9. The molecule has 5 rings (SSSR count). The van der Waals surface area contributed by atoms with Crippen molar-refractivity contribution >= 4 is 16.8 Å². The third kappa shape index (κ3) is 5.51. The fourth-order valence-corrected chi connectivity index (χ4v) is 4.76. The molecule has 1 amide bonds. The van der Waals surface area contributed by atoms with E-state index in [0.29, 0.717) is 53.1 Å². The largest absolute Gasteiger partial charge is 0.375 e. The molecule has 0 saturated carbocycles. The number of benzene rings is 2. The highest BCUT2D eigenvalue weighted by molar-refractivity contribution is 5.94. The molecule has 1 aliphatic heterocycles. The number of amides is 1. The highest BCUT2D eigenvalue weighted by atomic mass is 19.1. The molecule has 4 aromatic rings. The van der Waals surface area contributed by atoms with Crippen molar-refractivity contribution in [3.63, 3.8) is 0 Å². The second kappa shape index (κ2) is 11.2. The van der Waals surface area contributed by atoms with Crippen LogP contribution < -0.4 is 5.56 Å². The summed E-state index contributed by atoms with van der Waals surface area (Å²) in [5, 5.41) is 8.84. The van der Waals surface area contributed by atoms with Crippen molar-refractivity contribution in [3.05, 3.63) is 76.5 Å². The van der Waals surface area contributed by atoms with Crippen molar-refractivity contribution < 1.29 is 13.9 Å². The molecule has 2 aromatic carbocycles. The van der Waals surface area contributed by atoms with E-state index in [-0.39, 0.29) is 23.4 Å². The van der Waals surface area contributed by atoms with E-state index in [1.807, 2.05) is 4.90 Å². The van der Waals surface area contributed by atoms with Gasteiger partial charge >= 0.3 is 0 Å². The first kappa shape index (κ1) is 25.7. The van der Waals surface area contributed by atoms with Gasteiger partial charge in [-0.1, -0.05) is 19.1 Å². The van der Waals surface area contributed by atoms with E-state index in [2.05, 4.69) is 34.0 Å². The Morgan fingerprint density at radius 2 is 1.95 bits per heavy atom. The van der Waals surface area contributed by atoms with Crippen LogP contribution in [0.3, 0.4) is 0 Å². The summed E-state index contributed by atoms with van der Waals surface area (Å²) in [6.07, 6.45) is 2.54. The number of aromatic nitrogens is 4. The van der Waals surface area contributed by atoms with Crippen molar-refractivity contribution in [2.75, 3.05) is 39.3 Å². The molecule has 0 radical (unpaired) electrons. The number of likely N-dealkylation sites (tertiary alicyclic amines) is 1. The van der Waals surface area contributed by atoms with Crippen molar-refractivity contribution in [2.45, 2.75) is 26.4 Å². The number of ether oxygens (including phenoxy) is 1. The Kier molecular flexibility index (Phi) is 7.62. The second-order valence-electron chi connectivity index (χ2n) is 9.40. The first-order valence-electron chi connectivity index (χ1n) is 12.9. The zero-order chi connectivity index (χ0) is 26.6. The minimum Gasteiger partial charge on any atom is -0.375 e. The van der Waals surface area contributed by atoms with Crippen LogP contribution in [0.4, 0.5) is 4.39 Å². The number of H-pyrrole nitrogens is 1. The van der Waals surface area contributed by atoms with E-state index in [9.17, 15) is 14.0 Å². The van der Waals surface area contributed by atoms with Gasteiger partial charge in [-0.15, -0.1) is 5.10 Å². The third-order valence-electron chi connectivity index (χ3n) is 7.04. The molecule has 0 aliphatic carbocycles. The Labute approximate surface area is 219 Å². The first-order valence-corrected chi connectivity index (χ1v) is 12.9. The lowest BCUT2D eigenvalue weighted by molar-refractivity contribution is 0.0420. The quantitative estimate of drug-likeness (QED) is 0.365. The number of hydrogen-bond acceptors (Lipinski definition) is 6. The van der Waals surface area contributed by atoms with Crippen LogP contribution in [0.1, 0.15) is 30.6 Å². The summed E-state index contributed by atoms with van der Waals surface area (Å²) in [4.78, 5) is 32.5. The first-order chi connectivity index (χ1) is 18.4. The van der Waals surface area contributed by atoms with Gasteiger partial charge in [-0.05, 0) is 68.0 Å². The van der Waals surface area contributed by atoms with Gasteiger partial charge in [0.15, 0.2) is 0 Å². The molecule has 2 aromatic heterocycles. The monoisotopic (exact) mass is 518 g/mol. The molecule has 1 unspecified atom stereocenters. The van der Waals surface area contributed by atoms with E-state index in [1.165, 1.54) is 22.9 Å². The molecule has 10 heteroatoms. The van der Waals surface area contributed by atoms with Gasteiger partial charge in [0.05, 0.1) is 30.2 Å². The van der Waals surface area contributed by atoms with Gasteiger partial charge in [-0.25, -0.2) is 9.07 Å². The number of fused-ring (bicyclic) bond motifs is 1. The maximum Gasteiger partial charge on any atom is 0.258 e. The van der Waals surface area contributed by atoms with E-state index in [1.54, 1.807) is 36.5 Å².